The fraction of sp³-hybridized carbons (Fsp3) is 0.333. The average molecular weight is 308 g/mol. The topological polar surface area (TPSA) is 54.5 Å². The quantitative estimate of drug-likeness (QED) is 0.859. The van der Waals surface area contributed by atoms with Crippen molar-refractivity contribution in [1.82, 2.24) is 15.2 Å². The number of nitrogens with one attached hydrogen (secondary N) is 1. The number of carbonyl (C=O) groups excluding carboxylic acids is 1. The lowest BCUT2D eigenvalue weighted by Crippen LogP contribution is -2.32. The zero-order valence-electron chi connectivity index (χ0n) is 12.3. The highest BCUT2D eigenvalue weighted by Gasteiger charge is 2.10. The molecule has 1 aromatic heterocycles. The minimum absolute atomic E-state index is 0.0351. The van der Waals surface area contributed by atoms with Crippen LogP contribution in [0.3, 0.4) is 0 Å². The summed E-state index contributed by atoms with van der Waals surface area (Å²) in [6.45, 7) is 0.870. The molecule has 0 fully saturated rings. The molecule has 1 heterocycles. The van der Waals surface area contributed by atoms with Gasteiger partial charge < -0.3 is 10.1 Å². The second-order valence-corrected chi connectivity index (χ2v) is 5.20. The van der Waals surface area contributed by atoms with Crippen LogP contribution in [0.4, 0.5) is 0 Å². The number of amides is 1. The minimum Gasteiger partial charge on any atom is -0.497 e. The Labute approximate surface area is 128 Å². The molecule has 1 N–H and O–H groups in total. The maximum absolute atomic E-state index is 11.4. The van der Waals surface area contributed by atoms with E-state index in [9.17, 15) is 4.79 Å². The van der Waals surface area contributed by atoms with Gasteiger partial charge in [-0.1, -0.05) is 11.6 Å². The molecule has 0 aliphatic carbocycles. The summed E-state index contributed by atoms with van der Waals surface area (Å²) < 4.78 is 5.18. The third kappa shape index (κ3) is 3.83. The van der Waals surface area contributed by atoms with Gasteiger partial charge in [0.2, 0.25) is 5.91 Å². The number of rotatable bonds is 5. The molecule has 0 radical (unpaired) electrons. The van der Waals surface area contributed by atoms with Gasteiger partial charge in [-0.15, -0.1) is 0 Å². The first kappa shape index (κ1) is 15.5. The molecule has 1 aromatic carbocycles. The molecule has 1 amide bonds. The largest absolute Gasteiger partial charge is 0.497 e. The molecule has 2 aromatic rings. The number of halogens is 1. The highest BCUT2D eigenvalue weighted by molar-refractivity contribution is 6.30. The third-order valence-electron chi connectivity index (χ3n) is 3.18. The number of hydrogen-bond donors (Lipinski definition) is 1. The van der Waals surface area contributed by atoms with E-state index in [1.165, 1.54) is 0 Å². The lowest BCUT2D eigenvalue weighted by Gasteiger charge is -2.16. The SMILES string of the molecule is CNC(=O)CN(C)Cc1cc2ccc(OC)cc2nc1Cl. The first-order valence-corrected chi connectivity index (χ1v) is 6.93. The van der Waals surface area contributed by atoms with Gasteiger partial charge in [-0.25, -0.2) is 4.98 Å². The number of pyridine rings is 1. The van der Waals surface area contributed by atoms with Gasteiger partial charge in [0.1, 0.15) is 10.9 Å². The van der Waals surface area contributed by atoms with Crippen LogP contribution in [-0.2, 0) is 11.3 Å². The fourth-order valence-electron chi connectivity index (χ4n) is 2.08. The van der Waals surface area contributed by atoms with Crippen molar-refractivity contribution in [2.45, 2.75) is 6.54 Å². The Hall–Kier alpha value is -1.85. The van der Waals surface area contributed by atoms with Crippen LogP contribution in [-0.4, -0.2) is 43.5 Å². The van der Waals surface area contributed by atoms with Crippen LogP contribution < -0.4 is 10.1 Å². The van der Waals surface area contributed by atoms with Crippen molar-refractivity contribution < 1.29 is 9.53 Å². The van der Waals surface area contributed by atoms with E-state index in [1.807, 2.05) is 36.2 Å². The van der Waals surface area contributed by atoms with E-state index in [0.717, 1.165) is 22.2 Å². The van der Waals surface area contributed by atoms with E-state index in [0.29, 0.717) is 18.2 Å². The Balaban J connectivity index is 2.24. The molecule has 0 spiro atoms. The van der Waals surface area contributed by atoms with E-state index in [1.54, 1.807) is 14.2 Å². The molecular weight excluding hydrogens is 290 g/mol. The molecule has 0 aliphatic heterocycles. The van der Waals surface area contributed by atoms with Gasteiger partial charge in [-0.2, -0.15) is 0 Å². The van der Waals surface area contributed by atoms with E-state index < -0.39 is 0 Å². The number of methoxy groups -OCH3 is 1. The first-order chi connectivity index (χ1) is 10.0. The average Bonchev–Trinajstić information content (AvgIpc) is 2.47. The number of nitrogens with zero attached hydrogens (tertiary/aromatic N) is 2. The molecule has 5 nitrogen and oxygen atoms in total. The highest BCUT2D eigenvalue weighted by Crippen LogP contribution is 2.24. The van der Waals surface area contributed by atoms with Gasteiger partial charge in [0.25, 0.3) is 0 Å². The van der Waals surface area contributed by atoms with Crippen molar-refractivity contribution in [3.05, 3.63) is 35.0 Å². The number of fused-ring (bicyclic) bond motifs is 1. The Morgan fingerprint density at radius 3 is 2.86 bits per heavy atom. The molecule has 0 atom stereocenters. The zero-order valence-corrected chi connectivity index (χ0v) is 13.1. The van der Waals surface area contributed by atoms with Crippen LogP contribution in [0.25, 0.3) is 10.9 Å². The Bertz CT molecular complexity index is 661. The lowest BCUT2D eigenvalue weighted by molar-refractivity contribution is -0.121. The van der Waals surface area contributed by atoms with Gasteiger partial charge in [0.05, 0.1) is 19.2 Å². The van der Waals surface area contributed by atoms with Crippen molar-refractivity contribution in [1.29, 1.82) is 0 Å². The van der Waals surface area contributed by atoms with Crippen LogP contribution in [0.5, 0.6) is 5.75 Å². The Morgan fingerprint density at radius 2 is 2.19 bits per heavy atom. The molecule has 21 heavy (non-hydrogen) atoms. The van der Waals surface area contributed by atoms with Gasteiger partial charge in [0.15, 0.2) is 0 Å². The summed E-state index contributed by atoms with van der Waals surface area (Å²) in [7, 11) is 5.10. The molecular formula is C15H18ClN3O2. The summed E-state index contributed by atoms with van der Waals surface area (Å²) in [5.74, 6) is 0.711. The Morgan fingerprint density at radius 1 is 1.43 bits per heavy atom. The lowest BCUT2D eigenvalue weighted by atomic mass is 10.1. The first-order valence-electron chi connectivity index (χ1n) is 6.55. The molecule has 112 valence electrons. The predicted octanol–water partition coefficient (Wildman–Crippen LogP) is 2.07. The van der Waals surface area contributed by atoms with Crippen LogP contribution in [0.15, 0.2) is 24.3 Å². The van der Waals surface area contributed by atoms with Gasteiger partial charge >= 0.3 is 0 Å². The number of benzene rings is 1. The Kier molecular flexibility index (Phi) is 4.98. The van der Waals surface area contributed by atoms with Crippen molar-refractivity contribution >= 4 is 28.4 Å². The molecule has 0 saturated heterocycles. The van der Waals surface area contributed by atoms with Crippen molar-refractivity contribution in [3.8, 4) is 5.75 Å². The molecule has 6 heteroatoms. The van der Waals surface area contributed by atoms with E-state index >= 15 is 0 Å². The van der Waals surface area contributed by atoms with Crippen molar-refractivity contribution in [2.24, 2.45) is 0 Å². The summed E-state index contributed by atoms with van der Waals surface area (Å²) in [4.78, 5) is 17.6. The summed E-state index contributed by atoms with van der Waals surface area (Å²) in [5, 5.41) is 4.03. The number of ether oxygens (including phenoxy) is 1. The van der Waals surface area contributed by atoms with Gasteiger partial charge in [-0.05, 0) is 25.2 Å². The summed E-state index contributed by atoms with van der Waals surface area (Å²) in [6.07, 6.45) is 0. The highest BCUT2D eigenvalue weighted by atomic mass is 35.5. The van der Waals surface area contributed by atoms with Gasteiger partial charge in [0, 0.05) is 30.6 Å². The van der Waals surface area contributed by atoms with E-state index in [4.69, 9.17) is 16.3 Å². The number of carbonyl (C=O) groups is 1. The second kappa shape index (κ2) is 6.74. The second-order valence-electron chi connectivity index (χ2n) is 4.84. The summed E-state index contributed by atoms with van der Waals surface area (Å²) in [6, 6.07) is 7.67. The third-order valence-corrected chi connectivity index (χ3v) is 3.51. The van der Waals surface area contributed by atoms with Crippen LogP contribution in [0.2, 0.25) is 5.15 Å². The fourth-order valence-corrected chi connectivity index (χ4v) is 2.28. The monoisotopic (exact) mass is 307 g/mol. The number of hydrogen-bond acceptors (Lipinski definition) is 4. The smallest absolute Gasteiger partial charge is 0.233 e. The zero-order chi connectivity index (χ0) is 15.4. The molecule has 2 rings (SSSR count). The van der Waals surface area contributed by atoms with Crippen molar-refractivity contribution in [2.75, 3.05) is 27.7 Å². The van der Waals surface area contributed by atoms with Gasteiger partial charge in [-0.3, -0.25) is 9.69 Å². The molecule has 0 unspecified atom stereocenters. The maximum Gasteiger partial charge on any atom is 0.233 e. The minimum atomic E-state index is -0.0351. The van der Waals surface area contributed by atoms with Crippen LogP contribution >= 0.6 is 11.6 Å². The number of likely N-dealkylation sites (N-methyl/N-ethyl adjacent to an activating group) is 2. The van der Waals surface area contributed by atoms with Crippen LogP contribution in [0, 0.1) is 0 Å². The standard InChI is InChI=1S/C15H18ClN3O2/c1-17-14(20)9-19(2)8-11-6-10-4-5-12(21-3)7-13(10)18-15(11)16/h4-7H,8-9H2,1-3H3,(H,17,20). The predicted molar refractivity (Wildman–Crippen MR) is 83.7 cm³/mol. The summed E-state index contributed by atoms with van der Waals surface area (Å²) >= 11 is 6.23. The normalized spacial score (nSPS) is 10.9. The van der Waals surface area contributed by atoms with Crippen molar-refractivity contribution in [3.63, 3.8) is 0 Å². The molecule has 0 bridgehead atoms. The number of aromatic nitrogens is 1. The summed E-state index contributed by atoms with van der Waals surface area (Å²) in [5.41, 5.74) is 1.68. The van der Waals surface area contributed by atoms with E-state index in [2.05, 4.69) is 10.3 Å². The maximum atomic E-state index is 11.4. The van der Waals surface area contributed by atoms with Crippen LogP contribution in [0.1, 0.15) is 5.56 Å². The molecule has 0 saturated carbocycles. The molecule has 0 aliphatic rings. The van der Waals surface area contributed by atoms with E-state index in [-0.39, 0.29) is 5.91 Å².